The number of nitrogens with one attached hydrogen (secondary N) is 2. The molecule has 1 fully saturated rings. The molecule has 4 N–H and O–H groups in total. The number of hydrogen-bond donors (Lipinski definition) is 3. The van der Waals surface area contributed by atoms with Gasteiger partial charge in [-0.3, -0.25) is 14.3 Å². The number of amides is 2. The Balaban J connectivity index is 1.71. The number of ether oxygens (including phenoxy) is 1. The molecule has 37 heavy (non-hydrogen) atoms. The lowest BCUT2D eigenvalue weighted by Crippen LogP contribution is -2.38. The SMILES string of the molecule is C=CC(=O)N1C[C@@H](n2nc(C#Cc3cc4nc[nH]c4cc3F)c(C(N)=O)c2NC)C[C@@H]1COC(F)(F)F. The minimum absolute atomic E-state index is 0.00330. The highest BCUT2D eigenvalue weighted by atomic mass is 19.4. The fraction of sp³-hybridized carbons (Fsp3) is 0.304. The Bertz CT molecular complexity index is 1430. The van der Waals surface area contributed by atoms with Gasteiger partial charge < -0.3 is 20.9 Å². The van der Waals surface area contributed by atoms with Crippen molar-refractivity contribution in [3.05, 3.63) is 53.8 Å². The summed E-state index contributed by atoms with van der Waals surface area (Å²) in [4.78, 5) is 32.6. The Morgan fingerprint density at radius 3 is 2.78 bits per heavy atom. The van der Waals surface area contributed by atoms with Crippen LogP contribution in [-0.2, 0) is 9.53 Å². The van der Waals surface area contributed by atoms with Crippen LogP contribution in [0.2, 0.25) is 0 Å². The molecule has 194 valence electrons. The van der Waals surface area contributed by atoms with Gasteiger partial charge in [0.2, 0.25) is 5.91 Å². The number of nitrogens with zero attached hydrogens (tertiary/aromatic N) is 4. The number of carbonyl (C=O) groups excluding carboxylic acids is 2. The summed E-state index contributed by atoms with van der Waals surface area (Å²) >= 11 is 0. The molecule has 1 aliphatic heterocycles. The zero-order valence-corrected chi connectivity index (χ0v) is 19.4. The summed E-state index contributed by atoms with van der Waals surface area (Å²) in [6.07, 6.45) is -2.45. The Kier molecular flexibility index (Phi) is 6.90. The Morgan fingerprint density at radius 1 is 1.38 bits per heavy atom. The minimum atomic E-state index is -4.88. The van der Waals surface area contributed by atoms with E-state index in [1.54, 1.807) is 0 Å². The second-order valence-electron chi connectivity index (χ2n) is 8.13. The van der Waals surface area contributed by atoms with Crippen molar-refractivity contribution in [1.82, 2.24) is 24.6 Å². The number of aromatic amines is 1. The molecule has 2 aromatic heterocycles. The molecule has 10 nitrogen and oxygen atoms in total. The van der Waals surface area contributed by atoms with E-state index in [4.69, 9.17) is 5.73 Å². The number of carbonyl (C=O) groups is 2. The average molecular weight is 519 g/mol. The number of benzene rings is 1. The molecule has 0 unspecified atom stereocenters. The van der Waals surface area contributed by atoms with Crippen molar-refractivity contribution in [2.75, 3.05) is 25.5 Å². The summed E-state index contributed by atoms with van der Waals surface area (Å²) in [5, 5.41) is 7.16. The molecule has 4 rings (SSSR count). The van der Waals surface area contributed by atoms with Gasteiger partial charge >= 0.3 is 6.36 Å². The molecule has 0 aliphatic carbocycles. The molecule has 0 saturated carbocycles. The maximum atomic E-state index is 14.5. The van der Waals surface area contributed by atoms with E-state index in [0.29, 0.717) is 11.0 Å². The van der Waals surface area contributed by atoms with Gasteiger partial charge in [0.25, 0.3) is 5.91 Å². The number of hydrogen-bond acceptors (Lipinski definition) is 6. The topological polar surface area (TPSA) is 131 Å². The number of rotatable bonds is 6. The van der Waals surface area contributed by atoms with Crippen molar-refractivity contribution in [1.29, 1.82) is 0 Å². The number of H-pyrrole nitrogens is 1. The highest BCUT2D eigenvalue weighted by Crippen LogP contribution is 2.33. The molecule has 1 saturated heterocycles. The lowest BCUT2D eigenvalue weighted by atomic mass is 10.1. The van der Waals surface area contributed by atoms with Crippen molar-refractivity contribution in [2.45, 2.75) is 24.9 Å². The van der Waals surface area contributed by atoms with E-state index in [9.17, 15) is 27.2 Å². The molecule has 1 aliphatic rings. The van der Waals surface area contributed by atoms with Gasteiger partial charge in [0.1, 0.15) is 17.2 Å². The molecule has 3 aromatic rings. The first-order chi connectivity index (χ1) is 17.5. The zero-order valence-electron chi connectivity index (χ0n) is 19.4. The van der Waals surface area contributed by atoms with Gasteiger partial charge in [0, 0.05) is 19.7 Å². The maximum Gasteiger partial charge on any atom is 0.522 e. The highest BCUT2D eigenvalue weighted by Gasteiger charge is 2.40. The molecule has 0 spiro atoms. The molecule has 2 amide bonds. The number of fused-ring (bicyclic) bond motifs is 1. The Labute approximate surface area is 207 Å². The van der Waals surface area contributed by atoms with Crippen molar-refractivity contribution in [2.24, 2.45) is 5.73 Å². The first-order valence-electron chi connectivity index (χ1n) is 10.9. The summed E-state index contributed by atoms with van der Waals surface area (Å²) in [6.45, 7) is 2.56. The van der Waals surface area contributed by atoms with E-state index < -0.39 is 42.7 Å². The van der Waals surface area contributed by atoms with Crippen LogP contribution in [-0.4, -0.2) is 69.1 Å². The van der Waals surface area contributed by atoms with Gasteiger partial charge in [-0.2, -0.15) is 5.10 Å². The standard InChI is InChI=1S/C23H21F4N7O3/c1-3-19(35)33-9-13(7-14(33)10-37-23(25,26)27)34-22(29-2)20(21(28)36)16(32-34)5-4-12-6-17-18(8-15(12)24)31-11-30-17/h3,6,8,11,13-14,29H,1,7,9-10H2,2H3,(H2,28,36)(H,30,31)/t13-,14+/m0/s1. The van der Waals surface area contributed by atoms with Crippen LogP contribution in [0.3, 0.4) is 0 Å². The summed E-state index contributed by atoms with van der Waals surface area (Å²) in [5.41, 5.74) is 6.37. The lowest BCUT2D eigenvalue weighted by molar-refractivity contribution is -0.327. The number of anilines is 1. The fourth-order valence-electron chi connectivity index (χ4n) is 4.24. The van der Waals surface area contributed by atoms with E-state index >= 15 is 0 Å². The molecule has 3 heterocycles. The molecular weight excluding hydrogens is 498 g/mol. The normalized spacial score (nSPS) is 17.5. The van der Waals surface area contributed by atoms with E-state index in [0.717, 1.165) is 6.08 Å². The lowest BCUT2D eigenvalue weighted by Gasteiger charge is -2.23. The van der Waals surface area contributed by atoms with Crippen molar-refractivity contribution < 1.29 is 31.9 Å². The average Bonchev–Trinajstić information content (AvgIpc) is 3.56. The van der Waals surface area contributed by atoms with Crippen molar-refractivity contribution in [3.63, 3.8) is 0 Å². The number of aromatic nitrogens is 4. The number of likely N-dealkylation sites (tertiary alicyclic amines) is 1. The first kappa shape index (κ1) is 25.7. The molecule has 14 heteroatoms. The van der Waals surface area contributed by atoms with Crippen LogP contribution in [0.1, 0.15) is 34.1 Å². The predicted molar refractivity (Wildman–Crippen MR) is 124 cm³/mol. The number of alkyl halides is 3. The number of primary amides is 1. The molecule has 0 bridgehead atoms. The minimum Gasteiger partial charge on any atom is -0.373 e. The Morgan fingerprint density at radius 2 is 2.14 bits per heavy atom. The largest absolute Gasteiger partial charge is 0.522 e. The zero-order chi connectivity index (χ0) is 26.9. The molecule has 1 aromatic carbocycles. The smallest absolute Gasteiger partial charge is 0.373 e. The highest BCUT2D eigenvalue weighted by molar-refractivity contribution is 6.00. The number of nitrogens with two attached hydrogens (primary N) is 1. The number of imidazole rings is 1. The van der Waals surface area contributed by atoms with Crippen LogP contribution < -0.4 is 11.1 Å². The van der Waals surface area contributed by atoms with Gasteiger partial charge in [-0.1, -0.05) is 12.5 Å². The Hall–Kier alpha value is -4.38. The first-order valence-corrected chi connectivity index (χ1v) is 10.9. The maximum absolute atomic E-state index is 14.5. The summed E-state index contributed by atoms with van der Waals surface area (Å²) in [5.74, 6) is 3.34. The van der Waals surface area contributed by atoms with Crippen LogP contribution in [0.25, 0.3) is 11.0 Å². The van der Waals surface area contributed by atoms with E-state index in [1.807, 2.05) is 0 Å². The summed E-state index contributed by atoms with van der Waals surface area (Å²) in [6, 6.07) is 1.06. The second-order valence-corrected chi connectivity index (χ2v) is 8.13. The van der Waals surface area contributed by atoms with Crippen LogP contribution in [0.4, 0.5) is 23.4 Å². The monoisotopic (exact) mass is 519 g/mol. The quantitative estimate of drug-likeness (QED) is 0.260. The third kappa shape index (κ3) is 5.26. The van der Waals surface area contributed by atoms with Crippen LogP contribution in [0.5, 0.6) is 0 Å². The summed E-state index contributed by atoms with van der Waals surface area (Å²) in [7, 11) is 1.49. The van der Waals surface area contributed by atoms with E-state index in [2.05, 4.69) is 43.5 Å². The van der Waals surface area contributed by atoms with Crippen LogP contribution >= 0.6 is 0 Å². The second kappa shape index (κ2) is 9.94. The van der Waals surface area contributed by atoms with Crippen LogP contribution in [0, 0.1) is 17.7 Å². The van der Waals surface area contributed by atoms with E-state index in [-0.39, 0.29) is 35.6 Å². The van der Waals surface area contributed by atoms with Gasteiger partial charge in [-0.25, -0.2) is 14.1 Å². The molecule has 0 radical (unpaired) electrons. The predicted octanol–water partition coefficient (Wildman–Crippen LogP) is 2.30. The van der Waals surface area contributed by atoms with Gasteiger partial charge in [-0.15, -0.1) is 13.2 Å². The number of halogens is 4. The van der Waals surface area contributed by atoms with Crippen molar-refractivity contribution >= 4 is 28.7 Å². The third-order valence-corrected chi connectivity index (χ3v) is 5.85. The third-order valence-electron chi connectivity index (χ3n) is 5.85. The van der Waals surface area contributed by atoms with Gasteiger partial charge in [-0.05, 0) is 24.5 Å². The van der Waals surface area contributed by atoms with Gasteiger partial charge in [0.05, 0.1) is 41.6 Å². The molecular formula is C23H21F4N7O3. The van der Waals surface area contributed by atoms with Gasteiger partial charge in [0.15, 0.2) is 5.69 Å². The molecule has 2 atom stereocenters. The summed E-state index contributed by atoms with van der Waals surface area (Å²) < 4.78 is 57.7. The van der Waals surface area contributed by atoms with E-state index in [1.165, 1.54) is 35.1 Å². The fourth-order valence-corrected chi connectivity index (χ4v) is 4.24. The van der Waals surface area contributed by atoms with Crippen LogP contribution in [0.15, 0.2) is 31.1 Å². The van der Waals surface area contributed by atoms with Crippen molar-refractivity contribution in [3.8, 4) is 11.8 Å².